The summed E-state index contributed by atoms with van der Waals surface area (Å²) in [4.78, 5) is 17.4. The fourth-order valence-corrected chi connectivity index (χ4v) is 4.04. The average molecular weight is 383 g/mol. The third kappa shape index (κ3) is 4.07. The molecule has 0 bridgehead atoms. The standard InChI is InChI=1S/C21H19ClN2OS/c1-4-11-24-18-10-9-17(22)13-19(18)26-21(24)23-20(25)12-15-5-7-16(8-6-15)14(2)3/h1,5-10,13-14H,11-12H2,2-3H3. The molecule has 0 aliphatic carbocycles. The number of nitrogens with zero attached hydrogens (tertiary/aromatic N) is 2. The molecule has 0 aliphatic heterocycles. The third-order valence-electron chi connectivity index (χ3n) is 4.12. The summed E-state index contributed by atoms with van der Waals surface area (Å²) in [7, 11) is 0. The third-order valence-corrected chi connectivity index (χ3v) is 5.39. The van der Waals surface area contributed by atoms with E-state index in [2.05, 4.69) is 36.9 Å². The van der Waals surface area contributed by atoms with E-state index in [0.29, 0.717) is 22.3 Å². The molecule has 3 nitrogen and oxygen atoms in total. The van der Waals surface area contributed by atoms with Gasteiger partial charge in [-0.25, -0.2) is 0 Å². The predicted molar refractivity (Wildman–Crippen MR) is 108 cm³/mol. The van der Waals surface area contributed by atoms with Crippen LogP contribution in [0.4, 0.5) is 0 Å². The summed E-state index contributed by atoms with van der Waals surface area (Å²) < 4.78 is 2.83. The van der Waals surface area contributed by atoms with E-state index < -0.39 is 0 Å². The van der Waals surface area contributed by atoms with Gasteiger partial charge in [0.2, 0.25) is 0 Å². The van der Waals surface area contributed by atoms with Crippen LogP contribution in [0.25, 0.3) is 10.2 Å². The van der Waals surface area contributed by atoms with Gasteiger partial charge in [-0.1, -0.05) is 67.0 Å². The van der Waals surface area contributed by atoms with Crippen LogP contribution in [0.1, 0.15) is 30.9 Å². The summed E-state index contributed by atoms with van der Waals surface area (Å²) in [5, 5.41) is 0.648. The van der Waals surface area contributed by atoms with E-state index in [1.54, 1.807) is 0 Å². The number of hydrogen-bond acceptors (Lipinski definition) is 2. The van der Waals surface area contributed by atoms with Gasteiger partial charge in [0, 0.05) is 5.02 Å². The molecule has 0 radical (unpaired) electrons. The Bertz CT molecular complexity index is 1050. The van der Waals surface area contributed by atoms with Gasteiger partial charge in [-0.05, 0) is 35.2 Å². The zero-order valence-corrected chi connectivity index (χ0v) is 16.3. The lowest BCUT2D eigenvalue weighted by Crippen LogP contribution is -2.17. The zero-order chi connectivity index (χ0) is 18.7. The van der Waals surface area contributed by atoms with E-state index in [9.17, 15) is 4.79 Å². The highest BCUT2D eigenvalue weighted by molar-refractivity contribution is 7.16. The Balaban J connectivity index is 1.92. The van der Waals surface area contributed by atoms with Crippen molar-refractivity contribution in [3.05, 3.63) is 63.4 Å². The number of benzene rings is 2. The summed E-state index contributed by atoms with van der Waals surface area (Å²) in [5.41, 5.74) is 3.15. The summed E-state index contributed by atoms with van der Waals surface area (Å²) in [6, 6.07) is 13.7. The lowest BCUT2D eigenvalue weighted by atomic mass is 10.0. The molecule has 132 valence electrons. The van der Waals surface area contributed by atoms with Gasteiger partial charge in [-0.15, -0.1) is 6.42 Å². The number of rotatable bonds is 4. The van der Waals surface area contributed by atoms with Crippen molar-refractivity contribution in [3.8, 4) is 12.3 Å². The molecule has 0 fully saturated rings. The lowest BCUT2D eigenvalue weighted by Gasteiger charge is -2.05. The molecule has 1 amide bonds. The second-order valence-electron chi connectivity index (χ2n) is 6.37. The molecular weight excluding hydrogens is 364 g/mol. The average Bonchev–Trinajstić information content (AvgIpc) is 2.92. The Kier molecular flexibility index (Phi) is 5.61. The Morgan fingerprint density at radius 2 is 2.00 bits per heavy atom. The molecule has 3 rings (SSSR count). The van der Waals surface area contributed by atoms with Crippen molar-refractivity contribution in [2.45, 2.75) is 32.7 Å². The zero-order valence-electron chi connectivity index (χ0n) is 14.7. The quantitative estimate of drug-likeness (QED) is 0.598. The maximum Gasteiger partial charge on any atom is 0.252 e. The first-order valence-electron chi connectivity index (χ1n) is 8.36. The van der Waals surface area contributed by atoms with E-state index in [4.69, 9.17) is 18.0 Å². The molecule has 0 atom stereocenters. The van der Waals surface area contributed by atoms with E-state index in [1.807, 2.05) is 34.9 Å². The summed E-state index contributed by atoms with van der Waals surface area (Å²) in [5.74, 6) is 2.90. The second kappa shape index (κ2) is 7.90. The van der Waals surface area contributed by atoms with E-state index >= 15 is 0 Å². The van der Waals surface area contributed by atoms with Gasteiger partial charge in [-0.2, -0.15) is 4.99 Å². The first-order valence-corrected chi connectivity index (χ1v) is 9.56. The molecule has 1 aromatic heterocycles. The van der Waals surface area contributed by atoms with Gasteiger partial charge in [0.25, 0.3) is 5.91 Å². The smallest absolute Gasteiger partial charge is 0.252 e. The van der Waals surface area contributed by atoms with E-state index in [0.717, 1.165) is 15.8 Å². The minimum absolute atomic E-state index is 0.189. The second-order valence-corrected chi connectivity index (χ2v) is 7.81. The fourth-order valence-electron chi connectivity index (χ4n) is 2.72. The van der Waals surface area contributed by atoms with E-state index in [1.165, 1.54) is 16.9 Å². The van der Waals surface area contributed by atoms with Gasteiger partial charge >= 0.3 is 0 Å². The Labute approximate surface area is 162 Å². The predicted octanol–water partition coefficient (Wildman–Crippen LogP) is 4.78. The molecule has 5 heteroatoms. The number of terminal acetylenes is 1. The number of fused-ring (bicyclic) bond motifs is 1. The number of carbonyl (C=O) groups excluding carboxylic acids is 1. The molecule has 0 saturated heterocycles. The maximum absolute atomic E-state index is 12.4. The molecule has 1 heterocycles. The lowest BCUT2D eigenvalue weighted by molar-refractivity contribution is -0.117. The first-order chi connectivity index (χ1) is 12.5. The van der Waals surface area contributed by atoms with Gasteiger partial charge in [-0.3, -0.25) is 4.79 Å². The molecule has 26 heavy (non-hydrogen) atoms. The largest absolute Gasteiger partial charge is 0.305 e. The van der Waals surface area contributed by atoms with E-state index in [-0.39, 0.29) is 12.3 Å². The maximum atomic E-state index is 12.4. The van der Waals surface area contributed by atoms with Crippen molar-refractivity contribution >= 4 is 39.1 Å². The van der Waals surface area contributed by atoms with Crippen molar-refractivity contribution in [2.75, 3.05) is 0 Å². The number of amides is 1. The van der Waals surface area contributed by atoms with Crippen LogP contribution in [-0.4, -0.2) is 10.5 Å². The number of aromatic nitrogens is 1. The SMILES string of the molecule is C#CCn1c(=NC(=O)Cc2ccc(C(C)C)cc2)sc2cc(Cl)ccc21. The Hall–Kier alpha value is -2.35. The van der Waals surface area contributed by atoms with Crippen molar-refractivity contribution in [3.63, 3.8) is 0 Å². The number of carbonyl (C=O) groups is 1. The van der Waals surface area contributed by atoms with Gasteiger partial charge in [0.05, 0.1) is 23.2 Å². The Morgan fingerprint density at radius 3 is 2.65 bits per heavy atom. The van der Waals surface area contributed by atoms with Crippen LogP contribution >= 0.6 is 22.9 Å². The van der Waals surface area contributed by atoms with Crippen LogP contribution in [0.2, 0.25) is 5.02 Å². The number of hydrogen-bond donors (Lipinski definition) is 0. The van der Waals surface area contributed by atoms with Crippen LogP contribution < -0.4 is 4.80 Å². The highest BCUT2D eigenvalue weighted by atomic mass is 35.5. The van der Waals surface area contributed by atoms with Crippen molar-refractivity contribution in [1.29, 1.82) is 0 Å². The van der Waals surface area contributed by atoms with Crippen molar-refractivity contribution in [1.82, 2.24) is 4.57 Å². The molecule has 2 aromatic carbocycles. The topological polar surface area (TPSA) is 34.4 Å². The molecule has 0 saturated carbocycles. The van der Waals surface area contributed by atoms with Gasteiger partial charge < -0.3 is 4.57 Å². The molecule has 0 aliphatic rings. The van der Waals surface area contributed by atoms with Crippen molar-refractivity contribution < 1.29 is 4.79 Å². The fraction of sp³-hybridized carbons (Fsp3) is 0.238. The van der Waals surface area contributed by atoms with Gasteiger partial charge in [0.1, 0.15) is 0 Å². The summed E-state index contributed by atoms with van der Waals surface area (Å²) >= 11 is 7.48. The normalized spacial score (nSPS) is 11.9. The highest BCUT2D eigenvalue weighted by Gasteiger charge is 2.09. The van der Waals surface area contributed by atoms with Crippen LogP contribution in [0, 0.1) is 12.3 Å². The van der Waals surface area contributed by atoms with Gasteiger partial charge in [0.15, 0.2) is 4.80 Å². The molecular formula is C21H19ClN2OS. The number of halogens is 1. The first kappa shape index (κ1) is 18.4. The van der Waals surface area contributed by atoms with Crippen LogP contribution in [0.3, 0.4) is 0 Å². The Morgan fingerprint density at radius 1 is 1.27 bits per heavy atom. The molecule has 0 unspecified atom stereocenters. The monoisotopic (exact) mass is 382 g/mol. The van der Waals surface area contributed by atoms with Crippen LogP contribution in [-0.2, 0) is 17.8 Å². The van der Waals surface area contributed by atoms with Crippen LogP contribution in [0.15, 0.2) is 47.5 Å². The van der Waals surface area contributed by atoms with Crippen molar-refractivity contribution in [2.24, 2.45) is 4.99 Å². The summed E-state index contributed by atoms with van der Waals surface area (Å²) in [6.07, 6.45) is 5.75. The van der Waals surface area contributed by atoms with Crippen LogP contribution in [0.5, 0.6) is 0 Å². The number of thiazole rings is 1. The molecule has 3 aromatic rings. The minimum atomic E-state index is -0.189. The molecule has 0 N–H and O–H groups in total. The minimum Gasteiger partial charge on any atom is -0.305 e. The summed E-state index contributed by atoms with van der Waals surface area (Å²) in [6.45, 7) is 4.65. The molecule has 0 spiro atoms. The highest BCUT2D eigenvalue weighted by Crippen LogP contribution is 2.22.